The van der Waals surface area contributed by atoms with E-state index in [2.05, 4.69) is 0 Å². The lowest BCUT2D eigenvalue weighted by atomic mass is 10.1. The Hall–Kier alpha value is -2.82. The van der Waals surface area contributed by atoms with Crippen LogP contribution in [0, 0.1) is 0 Å². The smallest absolute Gasteiger partial charge is 0.335 e. The van der Waals surface area contributed by atoms with Crippen molar-refractivity contribution in [3.63, 3.8) is 0 Å². The first-order valence-electron chi connectivity index (χ1n) is 7.71. The van der Waals surface area contributed by atoms with E-state index in [1.165, 1.54) is 12.1 Å². The van der Waals surface area contributed by atoms with Crippen molar-refractivity contribution < 1.29 is 19.4 Å². The van der Waals surface area contributed by atoms with Crippen LogP contribution in [0.25, 0.3) is 0 Å². The molecule has 5 nitrogen and oxygen atoms in total. The molecule has 1 N–H and O–H groups in total. The molecule has 0 aliphatic heterocycles. The molecule has 0 saturated heterocycles. The van der Waals surface area contributed by atoms with Crippen LogP contribution in [-0.4, -0.2) is 35.0 Å². The molecule has 0 atom stereocenters. The number of benzene rings is 2. The lowest BCUT2D eigenvalue weighted by Crippen LogP contribution is -2.26. The van der Waals surface area contributed by atoms with E-state index in [9.17, 15) is 9.59 Å². The molecule has 0 heterocycles. The maximum atomic E-state index is 12.5. The summed E-state index contributed by atoms with van der Waals surface area (Å²) in [6.07, 6.45) is 0.0818. The molecule has 24 heavy (non-hydrogen) atoms. The van der Waals surface area contributed by atoms with Gasteiger partial charge in [-0.05, 0) is 49.7 Å². The number of aromatic carboxylic acids is 1. The van der Waals surface area contributed by atoms with Gasteiger partial charge in [0.25, 0.3) is 5.91 Å². The van der Waals surface area contributed by atoms with E-state index in [1.54, 1.807) is 24.1 Å². The van der Waals surface area contributed by atoms with Gasteiger partial charge < -0.3 is 14.7 Å². The first-order valence-corrected chi connectivity index (χ1v) is 7.71. The zero-order valence-electron chi connectivity index (χ0n) is 14.0. The minimum Gasteiger partial charge on any atom is -0.491 e. The normalized spacial score (nSPS) is 10.5. The fourth-order valence-corrected chi connectivity index (χ4v) is 2.34. The van der Waals surface area contributed by atoms with Gasteiger partial charge in [0.1, 0.15) is 5.75 Å². The quantitative estimate of drug-likeness (QED) is 0.882. The predicted octanol–water partition coefficient (Wildman–Crippen LogP) is 3.44. The number of carboxylic acid groups (broad SMARTS) is 1. The zero-order valence-corrected chi connectivity index (χ0v) is 14.0. The topological polar surface area (TPSA) is 66.8 Å². The number of rotatable bonds is 6. The van der Waals surface area contributed by atoms with Gasteiger partial charge in [0.2, 0.25) is 0 Å². The number of ether oxygens (including phenoxy) is 1. The highest BCUT2D eigenvalue weighted by Gasteiger charge is 2.14. The Kier molecular flexibility index (Phi) is 5.58. The first kappa shape index (κ1) is 17.5. The molecule has 0 spiro atoms. The Balaban J connectivity index is 2.11. The van der Waals surface area contributed by atoms with E-state index in [-0.39, 0.29) is 17.6 Å². The molecule has 2 rings (SSSR count). The Morgan fingerprint density at radius 2 is 1.75 bits per heavy atom. The molecule has 126 valence electrons. The summed E-state index contributed by atoms with van der Waals surface area (Å²) in [6, 6.07) is 13.6. The van der Waals surface area contributed by atoms with E-state index in [0.29, 0.717) is 12.1 Å². The first-order chi connectivity index (χ1) is 11.4. The third-order valence-electron chi connectivity index (χ3n) is 3.39. The van der Waals surface area contributed by atoms with Gasteiger partial charge in [-0.1, -0.05) is 18.2 Å². The molecule has 0 unspecified atom stereocenters. The van der Waals surface area contributed by atoms with Gasteiger partial charge in [-0.25, -0.2) is 4.79 Å². The number of hydrogen-bond donors (Lipinski definition) is 1. The van der Waals surface area contributed by atoms with Crippen LogP contribution in [0.5, 0.6) is 5.75 Å². The summed E-state index contributed by atoms with van der Waals surface area (Å²) >= 11 is 0. The molecule has 1 amide bonds. The van der Waals surface area contributed by atoms with Gasteiger partial charge in [0.05, 0.1) is 11.7 Å². The van der Waals surface area contributed by atoms with Gasteiger partial charge in [0.15, 0.2) is 0 Å². The highest BCUT2D eigenvalue weighted by Crippen LogP contribution is 2.17. The van der Waals surface area contributed by atoms with E-state index in [0.717, 1.165) is 11.3 Å². The van der Waals surface area contributed by atoms with Crippen molar-refractivity contribution in [3.8, 4) is 5.75 Å². The molecule has 0 fully saturated rings. The Bertz CT molecular complexity index is 740. The minimum absolute atomic E-state index is 0.0818. The Morgan fingerprint density at radius 3 is 2.42 bits per heavy atom. The van der Waals surface area contributed by atoms with Crippen LogP contribution in [0.2, 0.25) is 0 Å². The SMILES string of the molecule is CC(C)Oc1cccc(CN(C)C(=O)c2cccc(C(=O)O)c2)c1. The van der Waals surface area contributed by atoms with Gasteiger partial charge in [0, 0.05) is 19.2 Å². The largest absolute Gasteiger partial charge is 0.491 e. The third-order valence-corrected chi connectivity index (χ3v) is 3.39. The van der Waals surface area contributed by atoms with Crippen molar-refractivity contribution in [2.24, 2.45) is 0 Å². The van der Waals surface area contributed by atoms with Gasteiger partial charge in [-0.15, -0.1) is 0 Å². The summed E-state index contributed by atoms with van der Waals surface area (Å²) in [7, 11) is 1.69. The number of hydrogen-bond acceptors (Lipinski definition) is 3. The van der Waals surface area contributed by atoms with Crippen LogP contribution >= 0.6 is 0 Å². The average Bonchev–Trinajstić information content (AvgIpc) is 2.54. The molecule has 0 aliphatic rings. The van der Waals surface area contributed by atoms with Crippen LogP contribution in [0.15, 0.2) is 48.5 Å². The molecule has 0 aliphatic carbocycles. The van der Waals surface area contributed by atoms with E-state index in [4.69, 9.17) is 9.84 Å². The molecule has 2 aromatic carbocycles. The third kappa shape index (κ3) is 4.59. The molecule has 0 saturated carbocycles. The molecule has 0 aromatic heterocycles. The van der Waals surface area contributed by atoms with Gasteiger partial charge in [-0.2, -0.15) is 0 Å². The summed E-state index contributed by atoms with van der Waals surface area (Å²) in [5.74, 6) is -0.518. The Labute approximate surface area is 141 Å². The summed E-state index contributed by atoms with van der Waals surface area (Å²) in [6.45, 7) is 4.32. The number of amides is 1. The molecule has 0 radical (unpaired) electrons. The maximum Gasteiger partial charge on any atom is 0.335 e. The van der Waals surface area contributed by atoms with E-state index in [1.807, 2.05) is 38.1 Å². The van der Waals surface area contributed by atoms with Crippen LogP contribution < -0.4 is 4.74 Å². The number of carbonyl (C=O) groups is 2. The zero-order chi connectivity index (χ0) is 17.7. The van der Waals surface area contributed by atoms with Gasteiger partial charge >= 0.3 is 5.97 Å². The summed E-state index contributed by atoms with van der Waals surface area (Å²) in [5.41, 5.74) is 1.40. The van der Waals surface area contributed by atoms with Crippen molar-refractivity contribution in [1.82, 2.24) is 4.90 Å². The van der Waals surface area contributed by atoms with Crippen molar-refractivity contribution in [3.05, 3.63) is 65.2 Å². The predicted molar refractivity (Wildman–Crippen MR) is 91.4 cm³/mol. The molecule has 2 aromatic rings. The van der Waals surface area contributed by atoms with Crippen LogP contribution in [0.3, 0.4) is 0 Å². The van der Waals surface area contributed by atoms with E-state index < -0.39 is 5.97 Å². The standard InChI is InChI=1S/C19H21NO4/c1-13(2)24-17-9-4-6-14(10-17)12-20(3)18(21)15-7-5-8-16(11-15)19(22)23/h4-11,13H,12H2,1-3H3,(H,22,23). The summed E-state index contributed by atoms with van der Waals surface area (Å²) in [4.78, 5) is 25.1. The second-order valence-corrected chi connectivity index (χ2v) is 5.86. The van der Waals surface area contributed by atoms with Crippen LogP contribution in [0.4, 0.5) is 0 Å². The highest BCUT2D eigenvalue weighted by atomic mass is 16.5. The summed E-state index contributed by atoms with van der Waals surface area (Å²) in [5, 5.41) is 9.03. The number of nitrogens with zero attached hydrogens (tertiary/aromatic N) is 1. The average molecular weight is 327 g/mol. The monoisotopic (exact) mass is 327 g/mol. The van der Waals surface area contributed by atoms with Crippen molar-refractivity contribution >= 4 is 11.9 Å². The fourth-order valence-electron chi connectivity index (χ4n) is 2.34. The van der Waals surface area contributed by atoms with Crippen molar-refractivity contribution in [2.45, 2.75) is 26.5 Å². The van der Waals surface area contributed by atoms with Crippen molar-refractivity contribution in [1.29, 1.82) is 0 Å². The second kappa shape index (κ2) is 7.64. The van der Waals surface area contributed by atoms with Gasteiger partial charge in [-0.3, -0.25) is 4.79 Å². The highest BCUT2D eigenvalue weighted by molar-refractivity contribution is 5.97. The minimum atomic E-state index is -1.05. The molecule has 5 heteroatoms. The van der Waals surface area contributed by atoms with Crippen LogP contribution in [0.1, 0.15) is 40.1 Å². The molecule has 0 bridgehead atoms. The second-order valence-electron chi connectivity index (χ2n) is 5.86. The summed E-state index contributed by atoms with van der Waals surface area (Å²) < 4.78 is 5.65. The van der Waals surface area contributed by atoms with E-state index >= 15 is 0 Å². The van der Waals surface area contributed by atoms with Crippen molar-refractivity contribution in [2.75, 3.05) is 7.05 Å². The maximum absolute atomic E-state index is 12.5. The number of carbonyl (C=O) groups excluding carboxylic acids is 1. The molecular weight excluding hydrogens is 306 g/mol. The molecular formula is C19H21NO4. The lowest BCUT2D eigenvalue weighted by molar-refractivity contribution is 0.0697. The van der Waals surface area contributed by atoms with Crippen LogP contribution in [-0.2, 0) is 6.54 Å². The number of carboxylic acids is 1. The Morgan fingerprint density at radius 1 is 1.08 bits per heavy atom. The fraction of sp³-hybridized carbons (Fsp3) is 0.263. The lowest BCUT2D eigenvalue weighted by Gasteiger charge is -2.18.